The Hall–Kier alpha value is -1.73. The van der Waals surface area contributed by atoms with Crippen molar-refractivity contribution in [2.75, 3.05) is 0 Å². The molecule has 0 spiro atoms. The van der Waals surface area contributed by atoms with Gasteiger partial charge in [-0.1, -0.05) is 24.9 Å². The first-order chi connectivity index (χ1) is 9.79. The first-order valence-electron chi connectivity index (χ1n) is 6.55. The van der Waals surface area contributed by atoms with Crippen LogP contribution in [0.2, 0.25) is 0 Å². The van der Waals surface area contributed by atoms with E-state index in [0.717, 1.165) is 24.8 Å². The lowest BCUT2D eigenvalue weighted by atomic mass is 10.2. The molecule has 7 heteroatoms. The number of hydroxylamine groups is 1. The predicted octanol–water partition coefficient (Wildman–Crippen LogP) is 2.93. The summed E-state index contributed by atoms with van der Waals surface area (Å²) in [5.74, 6) is 0.732. The van der Waals surface area contributed by atoms with Crippen molar-refractivity contribution in [3.05, 3.63) is 22.7 Å². The summed E-state index contributed by atoms with van der Waals surface area (Å²) in [5.41, 5.74) is 3.28. The van der Waals surface area contributed by atoms with Gasteiger partial charge in [-0.05, 0) is 17.9 Å². The fourth-order valence-corrected chi connectivity index (χ4v) is 2.22. The normalized spacial score (nSPS) is 10.7. The van der Waals surface area contributed by atoms with Gasteiger partial charge in [-0.3, -0.25) is 9.63 Å². The van der Waals surface area contributed by atoms with E-state index >= 15 is 0 Å². The molecule has 0 bridgehead atoms. The van der Waals surface area contributed by atoms with Crippen molar-refractivity contribution >= 4 is 17.2 Å². The van der Waals surface area contributed by atoms with Gasteiger partial charge in [-0.2, -0.15) is 16.3 Å². The highest BCUT2D eigenvalue weighted by Gasteiger charge is 2.09. The lowest BCUT2D eigenvalue weighted by Gasteiger charge is -2.02. The molecule has 0 aliphatic carbocycles. The minimum absolute atomic E-state index is 0.0661. The third kappa shape index (κ3) is 4.43. The Morgan fingerprint density at radius 3 is 3.15 bits per heavy atom. The molecule has 0 unspecified atom stereocenters. The average Bonchev–Trinajstić information content (AvgIpc) is 3.09. The van der Waals surface area contributed by atoms with Crippen LogP contribution >= 0.6 is 11.3 Å². The number of hydrogen-bond acceptors (Lipinski definition) is 6. The van der Waals surface area contributed by atoms with Gasteiger partial charge in [0.1, 0.15) is 0 Å². The van der Waals surface area contributed by atoms with Crippen LogP contribution in [0, 0.1) is 0 Å². The Balaban J connectivity index is 1.71. The van der Waals surface area contributed by atoms with Crippen LogP contribution < -0.4 is 5.48 Å². The number of nitrogens with one attached hydrogen (secondary N) is 1. The zero-order valence-electron chi connectivity index (χ0n) is 11.3. The van der Waals surface area contributed by atoms with E-state index in [-0.39, 0.29) is 12.5 Å². The predicted molar refractivity (Wildman–Crippen MR) is 74.7 cm³/mol. The van der Waals surface area contributed by atoms with E-state index in [1.807, 2.05) is 16.8 Å². The van der Waals surface area contributed by atoms with Crippen LogP contribution in [0.5, 0.6) is 0 Å². The second kappa shape index (κ2) is 7.76. The van der Waals surface area contributed by atoms with Gasteiger partial charge >= 0.3 is 0 Å². The van der Waals surface area contributed by atoms with Crippen LogP contribution in [-0.4, -0.2) is 16.0 Å². The monoisotopic (exact) mass is 295 g/mol. The highest BCUT2D eigenvalue weighted by atomic mass is 32.1. The smallest absolute Gasteiger partial charge is 0.255 e. The van der Waals surface area contributed by atoms with Crippen LogP contribution in [0.3, 0.4) is 0 Å². The Morgan fingerprint density at radius 2 is 2.40 bits per heavy atom. The summed E-state index contributed by atoms with van der Waals surface area (Å²) in [6.45, 7) is 2.16. The summed E-state index contributed by atoms with van der Waals surface area (Å²) >= 11 is 1.56. The van der Waals surface area contributed by atoms with Crippen LogP contribution in [0.1, 0.15) is 38.5 Å². The molecule has 2 heterocycles. The zero-order chi connectivity index (χ0) is 14.2. The minimum atomic E-state index is -0.129. The molecule has 0 saturated heterocycles. The molecule has 0 atom stereocenters. The summed E-state index contributed by atoms with van der Waals surface area (Å²) in [4.78, 5) is 20.6. The van der Waals surface area contributed by atoms with Crippen LogP contribution in [0.4, 0.5) is 0 Å². The first-order valence-corrected chi connectivity index (χ1v) is 7.49. The fraction of sp³-hybridized carbons (Fsp3) is 0.462. The van der Waals surface area contributed by atoms with Crippen molar-refractivity contribution in [1.82, 2.24) is 15.6 Å². The molecule has 2 aromatic rings. The minimum Gasteiger partial charge on any atom is -0.336 e. The van der Waals surface area contributed by atoms with Gasteiger partial charge in [0.15, 0.2) is 6.61 Å². The molecule has 20 heavy (non-hydrogen) atoms. The molecule has 0 aliphatic heterocycles. The van der Waals surface area contributed by atoms with E-state index in [9.17, 15) is 4.79 Å². The lowest BCUT2D eigenvalue weighted by Crippen LogP contribution is -2.23. The van der Waals surface area contributed by atoms with Gasteiger partial charge in [-0.25, -0.2) is 5.48 Å². The molecular formula is C13H17N3O3S. The second-order valence-electron chi connectivity index (χ2n) is 4.29. The number of nitrogens with zero attached hydrogens (tertiary/aromatic N) is 2. The molecule has 0 aromatic carbocycles. The molecule has 0 fully saturated rings. The highest BCUT2D eigenvalue weighted by Crippen LogP contribution is 2.18. The SMILES string of the molecule is CCCCCC(=O)NOCc1nc(-c2ccsc2)no1. The summed E-state index contributed by atoms with van der Waals surface area (Å²) in [5, 5.41) is 7.72. The van der Waals surface area contributed by atoms with Gasteiger partial charge in [0, 0.05) is 17.4 Å². The molecule has 108 valence electrons. The molecule has 2 rings (SSSR count). The van der Waals surface area contributed by atoms with Gasteiger partial charge in [0.05, 0.1) is 0 Å². The molecule has 0 aliphatic rings. The van der Waals surface area contributed by atoms with Gasteiger partial charge in [0.25, 0.3) is 5.89 Å². The zero-order valence-corrected chi connectivity index (χ0v) is 12.1. The van der Waals surface area contributed by atoms with Gasteiger partial charge in [-0.15, -0.1) is 0 Å². The van der Waals surface area contributed by atoms with Crippen molar-refractivity contribution in [3.63, 3.8) is 0 Å². The largest absolute Gasteiger partial charge is 0.336 e. The van der Waals surface area contributed by atoms with E-state index in [0.29, 0.717) is 18.1 Å². The maximum atomic E-state index is 11.4. The van der Waals surface area contributed by atoms with E-state index in [1.165, 1.54) is 0 Å². The summed E-state index contributed by atoms with van der Waals surface area (Å²) in [7, 11) is 0. The molecule has 0 saturated carbocycles. The van der Waals surface area contributed by atoms with E-state index < -0.39 is 0 Å². The number of rotatable bonds is 8. The summed E-state index contributed by atoms with van der Waals surface area (Å²) in [6.07, 6.45) is 3.47. The number of carbonyl (C=O) groups is 1. The van der Waals surface area contributed by atoms with Crippen molar-refractivity contribution in [3.8, 4) is 11.4 Å². The van der Waals surface area contributed by atoms with Crippen molar-refractivity contribution in [1.29, 1.82) is 0 Å². The van der Waals surface area contributed by atoms with E-state index in [1.54, 1.807) is 11.3 Å². The number of amides is 1. The summed E-state index contributed by atoms with van der Waals surface area (Å²) < 4.78 is 5.04. The molecule has 0 radical (unpaired) electrons. The van der Waals surface area contributed by atoms with Crippen molar-refractivity contribution in [2.24, 2.45) is 0 Å². The van der Waals surface area contributed by atoms with Gasteiger partial charge in [0.2, 0.25) is 11.7 Å². The Bertz CT molecular complexity index is 525. The molecule has 2 aromatic heterocycles. The number of aromatic nitrogens is 2. The van der Waals surface area contributed by atoms with Crippen LogP contribution in [0.25, 0.3) is 11.4 Å². The van der Waals surface area contributed by atoms with Gasteiger partial charge < -0.3 is 4.52 Å². The Kier molecular flexibility index (Phi) is 5.69. The molecule has 6 nitrogen and oxygen atoms in total. The molecule has 1 N–H and O–H groups in total. The highest BCUT2D eigenvalue weighted by molar-refractivity contribution is 7.08. The van der Waals surface area contributed by atoms with E-state index in [2.05, 4.69) is 22.5 Å². The maximum absolute atomic E-state index is 11.4. The Morgan fingerprint density at radius 1 is 1.50 bits per heavy atom. The number of unbranched alkanes of at least 4 members (excludes halogenated alkanes) is 2. The second-order valence-corrected chi connectivity index (χ2v) is 5.07. The van der Waals surface area contributed by atoms with E-state index in [4.69, 9.17) is 9.36 Å². The first kappa shape index (κ1) is 14.7. The van der Waals surface area contributed by atoms with Crippen molar-refractivity contribution < 1.29 is 14.2 Å². The topological polar surface area (TPSA) is 77.2 Å². The third-order valence-corrected chi connectivity index (χ3v) is 3.32. The number of carbonyl (C=O) groups excluding carboxylic acids is 1. The molecular weight excluding hydrogens is 278 g/mol. The van der Waals surface area contributed by atoms with Crippen molar-refractivity contribution in [2.45, 2.75) is 39.2 Å². The quantitative estimate of drug-likeness (QED) is 0.598. The number of thiophene rings is 1. The standard InChI is InChI=1S/C13H17N3O3S/c1-2-3-4-5-11(17)15-18-8-12-14-13(16-19-12)10-6-7-20-9-10/h6-7,9H,2-5,8H2,1H3,(H,15,17). The summed E-state index contributed by atoms with van der Waals surface area (Å²) in [6, 6.07) is 1.91. The maximum Gasteiger partial charge on any atom is 0.255 e. The van der Waals surface area contributed by atoms with Crippen LogP contribution in [0.15, 0.2) is 21.3 Å². The molecule has 1 amide bonds. The fourth-order valence-electron chi connectivity index (χ4n) is 1.59. The lowest BCUT2D eigenvalue weighted by molar-refractivity contribution is -0.135. The third-order valence-electron chi connectivity index (χ3n) is 2.64. The Labute approximate surface area is 121 Å². The van der Waals surface area contributed by atoms with Crippen LogP contribution in [-0.2, 0) is 16.2 Å². The average molecular weight is 295 g/mol. The number of hydrogen-bond donors (Lipinski definition) is 1.